The van der Waals surface area contributed by atoms with Gasteiger partial charge in [0.15, 0.2) is 0 Å². The number of anilines is 1. The van der Waals surface area contributed by atoms with Crippen LogP contribution in [0.25, 0.3) is 16.6 Å². The number of nitrogens with zero attached hydrogens (tertiary/aromatic N) is 6. The highest BCUT2D eigenvalue weighted by Gasteiger charge is 2.26. The SMILES string of the molecule is C[C@@H](Oc1cc(-c2ccc(N3CC[C@H](O)[C@H](O)C3)nc2)cn2ncc(C#N)c12)c1ccc(F)cn1. The van der Waals surface area contributed by atoms with E-state index in [0.717, 1.165) is 17.3 Å². The lowest BCUT2D eigenvalue weighted by atomic mass is 10.0. The molecule has 2 N–H and O–H groups in total. The van der Waals surface area contributed by atoms with Gasteiger partial charge in [-0.05, 0) is 43.7 Å². The van der Waals surface area contributed by atoms with Gasteiger partial charge in [0.05, 0.1) is 30.3 Å². The minimum Gasteiger partial charge on any atom is -0.482 e. The number of aromatic nitrogens is 4. The van der Waals surface area contributed by atoms with E-state index in [1.54, 1.807) is 29.9 Å². The van der Waals surface area contributed by atoms with Gasteiger partial charge in [0, 0.05) is 36.6 Å². The molecule has 0 bridgehead atoms. The van der Waals surface area contributed by atoms with Gasteiger partial charge in [-0.3, -0.25) is 4.98 Å². The zero-order valence-electron chi connectivity index (χ0n) is 18.9. The lowest BCUT2D eigenvalue weighted by Crippen LogP contribution is -2.46. The van der Waals surface area contributed by atoms with Crippen molar-refractivity contribution < 1.29 is 19.3 Å². The Morgan fingerprint density at radius 3 is 2.66 bits per heavy atom. The minimum absolute atomic E-state index is 0.316. The molecule has 0 aromatic carbocycles. The predicted molar refractivity (Wildman–Crippen MR) is 125 cm³/mol. The second-order valence-electron chi connectivity index (χ2n) is 8.49. The summed E-state index contributed by atoms with van der Waals surface area (Å²) in [7, 11) is 0. The van der Waals surface area contributed by atoms with Crippen LogP contribution in [0, 0.1) is 17.1 Å². The van der Waals surface area contributed by atoms with Crippen molar-refractivity contribution in [2.45, 2.75) is 31.7 Å². The highest BCUT2D eigenvalue weighted by Crippen LogP contribution is 2.33. The van der Waals surface area contributed by atoms with Gasteiger partial charge in [-0.15, -0.1) is 0 Å². The summed E-state index contributed by atoms with van der Waals surface area (Å²) in [5, 5.41) is 33.6. The molecule has 5 heterocycles. The number of pyridine rings is 3. The third-order valence-electron chi connectivity index (χ3n) is 6.12. The third kappa shape index (κ3) is 4.51. The first kappa shape index (κ1) is 22.7. The first-order valence-electron chi connectivity index (χ1n) is 11.2. The van der Waals surface area contributed by atoms with Crippen LogP contribution in [0.5, 0.6) is 5.75 Å². The number of aliphatic hydroxyl groups excluding tert-OH is 2. The highest BCUT2D eigenvalue weighted by molar-refractivity contribution is 5.75. The van der Waals surface area contributed by atoms with Crippen LogP contribution < -0.4 is 9.64 Å². The summed E-state index contributed by atoms with van der Waals surface area (Å²) in [6, 6.07) is 10.6. The van der Waals surface area contributed by atoms with Crippen molar-refractivity contribution in [3.63, 3.8) is 0 Å². The molecule has 0 amide bonds. The lowest BCUT2D eigenvalue weighted by Gasteiger charge is -2.34. The third-order valence-corrected chi connectivity index (χ3v) is 6.12. The summed E-state index contributed by atoms with van der Waals surface area (Å²) in [4.78, 5) is 10.6. The van der Waals surface area contributed by atoms with Gasteiger partial charge in [-0.25, -0.2) is 13.9 Å². The maximum absolute atomic E-state index is 13.3. The average Bonchev–Trinajstić information content (AvgIpc) is 3.30. The van der Waals surface area contributed by atoms with Crippen LogP contribution in [-0.2, 0) is 0 Å². The van der Waals surface area contributed by atoms with Crippen LogP contribution in [0.4, 0.5) is 10.2 Å². The fraction of sp³-hybridized carbons (Fsp3) is 0.280. The fourth-order valence-corrected chi connectivity index (χ4v) is 4.16. The van der Waals surface area contributed by atoms with E-state index in [4.69, 9.17) is 4.74 Å². The Hall–Kier alpha value is -4.07. The molecule has 9 nitrogen and oxygen atoms in total. The van der Waals surface area contributed by atoms with Gasteiger partial charge >= 0.3 is 0 Å². The second-order valence-corrected chi connectivity index (χ2v) is 8.49. The summed E-state index contributed by atoms with van der Waals surface area (Å²) >= 11 is 0. The number of ether oxygens (including phenoxy) is 1. The van der Waals surface area contributed by atoms with Gasteiger partial charge in [0.2, 0.25) is 0 Å². The Labute approximate surface area is 200 Å². The number of halogens is 1. The number of hydrogen-bond acceptors (Lipinski definition) is 8. The molecule has 1 aliphatic heterocycles. The maximum Gasteiger partial charge on any atom is 0.148 e. The van der Waals surface area contributed by atoms with E-state index in [0.29, 0.717) is 47.9 Å². The van der Waals surface area contributed by atoms with Gasteiger partial charge in [-0.2, -0.15) is 10.4 Å². The Kier molecular flexibility index (Phi) is 6.03. The van der Waals surface area contributed by atoms with E-state index in [2.05, 4.69) is 21.1 Å². The molecule has 1 fully saturated rings. The zero-order chi connectivity index (χ0) is 24.5. The van der Waals surface area contributed by atoms with Crippen molar-refractivity contribution in [1.29, 1.82) is 5.26 Å². The molecule has 0 spiro atoms. The topological polar surface area (TPSA) is 120 Å². The fourth-order valence-electron chi connectivity index (χ4n) is 4.16. The molecule has 0 saturated carbocycles. The monoisotopic (exact) mass is 474 g/mol. The van der Waals surface area contributed by atoms with E-state index in [1.807, 2.05) is 23.1 Å². The van der Waals surface area contributed by atoms with Crippen LogP contribution in [-0.4, -0.2) is 55.1 Å². The van der Waals surface area contributed by atoms with Gasteiger partial charge in [-0.1, -0.05) is 0 Å². The number of aliphatic hydroxyl groups is 2. The van der Waals surface area contributed by atoms with Crippen LogP contribution in [0.15, 0.2) is 55.1 Å². The summed E-state index contributed by atoms with van der Waals surface area (Å²) in [6.07, 6.45) is 4.58. The normalized spacial score (nSPS) is 18.9. The zero-order valence-corrected chi connectivity index (χ0v) is 18.9. The molecule has 4 aromatic rings. The Balaban J connectivity index is 1.47. The molecular weight excluding hydrogens is 451 g/mol. The Morgan fingerprint density at radius 1 is 1.11 bits per heavy atom. The first-order valence-corrected chi connectivity index (χ1v) is 11.2. The summed E-state index contributed by atoms with van der Waals surface area (Å²) < 4.78 is 21.1. The van der Waals surface area contributed by atoms with Crippen molar-refractivity contribution in [3.05, 3.63) is 72.2 Å². The number of nitriles is 1. The number of rotatable bonds is 5. The van der Waals surface area contributed by atoms with E-state index >= 15 is 0 Å². The van der Waals surface area contributed by atoms with E-state index in [9.17, 15) is 19.9 Å². The molecule has 5 rings (SSSR count). The molecule has 0 aliphatic carbocycles. The molecular formula is C25H23FN6O3. The first-order chi connectivity index (χ1) is 16.9. The number of β-amino-alcohol motifs (C(OH)–C–C–N with tert-alkyl or cyclic N) is 1. The number of fused-ring (bicyclic) bond motifs is 1. The smallest absolute Gasteiger partial charge is 0.148 e. The van der Waals surface area contributed by atoms with E-state index in [1.165, 1.54) is 12.3 Å². The molecule has 35 heavy (non-hydrogen) atoms. The lowest BCUT2D eigenvalue weighted by molar-refractivity contribution is 0.00786. The molecule has 3 atom stereocenters. The van der Waals surface area contributed by atoms with Gasteiger partial charge < -0.3 is 19.8 Å². The molecule has 1 aliphatic rings. The molecule has 1 saturated heterocycles. The van der Waals surface area contributed by atoms with Crippen molar-refractivity contribution in [3.8, 4) is 22.9 Å². The van der Waals surface area contributed by atoms with E-state index in [-0.39, 0.29) is 0 Å². The molecule has 178 valence electrons. The van der Waals surface area contributed by atoms with Crippen molar-refractivity contribution >= 4 is 11.3 Å². The Morgan fingerprint density at radius 2 is 1.97 bits per heavy atom. The molecule has 10 heteroatoms. The van der Waals surface area contributed by atoms with Crippen molar-refractivity contribution in [2.24, 2.45) is 0 Å². The van der Waals surface area contributed by atoms with Gasteiger partial charge in [0.1, 0.15) is 40.6 Å². The Bertz CT molecular complexity index is 1380. The maximum atomic E-state index is 13.3. The highest BCUT2D eigenvalue weighted by atomic mass is 19.1. The molecule has 0 unspecified atom stereocenters. The standard InChI is InChI=1S/C25H23FN6O3/c1-15(20-4-3-19(26)12-28-20)35-23-8-17(13-32-25(23)18(9-27)11-30-32)16-2-5-24(29-10-16)31-7-6-21(33)22(34)14-31/h2-5,8,10-13,15,21-22,33-34H,6-7,14H2,1H3/t15-,21+,22-/m1/s1. The summed E-state index contributed by atoms with van der Waals surface area (Å²) in [5.74, 6) is 0.714. The largest absolute Gasteiger partial charge is 0.482 e. The van der Waals surface area contributed by atoms with Crippen LogP contribution in [0.1, 0.15) is 30.7 Å². The van der Waals surface area contributed by atoms with Crippen molar-refractivity contribution in [2.75, 3.05) is 18.0 Å². The van der Waals surface area contributed by atoms with E-state index < -0.39 is 24.1 Å². The molecule has 4 aromatic heterocycles. The van der Waals surface area contributed by atoms with Crippen LogP contribution in [0.2, 0.25) is 0 Å². The second kappa shape index (κ2) is 9.29. The summed E-state index contributed by atoms with van der Waals surface area (Å²) in [5.41, 5.74) is 3.01. The number of piperidine rings is 1. The minimum atomic E-state index is -0.806. The molecule has 0 radical (unpaired) electrons. The average molecular weight is 474 g/mol. The predicted octanol–water partition coefficient (Wildman–Crippen LogP) is 2.87. The van der Waals surface area contributed by atoms with Crippen molar-refractivity contribution in [1.82, 2.24) is 19.6 Å². The van der Waals surface area contributed by atoms with Gasteiger partial charge in [0.25, 0.3) is 0 Å². The van der Waals surface area contributed by atoms with Crippen LogP contribution in [0.3, 0.4) is 0 Å². The van der Waals surface area contributed by atoms with Crippen LogP contribution >= 0.6 is 0 Å². The quantitative estimate of drug-likeness (QED) is 0.453. The number of hydrogen-bond donors (Lipinski definition) is 2. The summed E-state index contributed by atoms with van der Waals surface area (Å²) in [6.45, 7) is 2.72.